The second-order valence-electron chi connectivity index (χ2n) is 4.91. The average Bonchev–Trinajstić information content (AvgIpc) is 2.38. The predicted octanol–water partition coefficient (Wildman–Crippen LogP) is -0.0872. The summed E-state index contributed by atoms with van der Waals surface area (Å²) in [4.78, 5) is 6.34. The number of hydrogen-bond acceptors (Lipinski definition) is 5. The van der Waals surface area contributed by atoms with E-state index in [1.807, 2.05) is 7.05 Å². The van der Waals surface area contributed by atoms with Crippen LogP contribution in [-0.4, -0.2) is 44.5 Å². The highest BCUT2D eigenvalue weighted by Gasteiger charge is 2.23. The van der Waals surface area contributed by atoms with Gasteiger partial charge in [-0.3, -0.25) is 4.98 Å². The van der Waals surface area contributed by atoms with E-state index in [1.54, 1.807) is 12.1 Å². The molecule has 1 unspecified atom stereocenters. The fourth-order valence-electron chi connectivity index (χ4n) is 2.24. The summed E-state index contributed by atoms with van der Waals surface area (Å²) in [6, 6.07) is 3.16. The molecule has 1 aliphatic heterocycles. The van der Waals surface area contributed by atoms with E-state index in [2.05, 4.69) is 14.6 Å². The first kappa shape index (κ1) is 14.4. The van der Waals surface area contributed by atoms with Crippen LogP contribution in [0.2, 0.25) is 0 Å². The molecule has 2 rings (SSSR count). The van der Waals surface area contributed by atoms with Crippen LogP contribution in [0.1, 0.15) is 18.5 Å². The monoisotopic (exact) mass is 284 g/mol. The lowest BCUT2D eigenvalue weighted by Gasteiger charge is -2.29. The highest BCUT2D eigenvalue weighted by atomic mass is 32.2. The number of sulfonamides is 1. The minimum atomic E-state index is -3.49. The van der Waals surface area contributed by atoms with Crippen molar-refractivity contribution in [3.05, 3.63) is 24.0 Å². The van der Waals surface area contributed by atoms with Crippen molar-refractivity contribution in [1.29, 1.82) is 0 Å². The summed E-state index contributed by atoms with van der Waals surface area (Å²) in [7, 11) is -1.49. The molecule has 0 aliphatic carbocycles. The van der Waals surface area contributed by atoms with Crippen LogP contribution in [0.3, 0.4) is 0 Å². The van der Waals surface area contributed by atoms with Crippen LogP contribution >= 0.6 is 0 Å². The lowest BCUT2D eigenvalue weighted by molar-refractivity contribution is 0.242. The summed E-state index contributed by atoms with van der Waals surface area (Å²) in [5.74, 6) is 0. The van der Waals surface area contributed by atoms with Crippen molar-refractivity contribution < 1.29 is 8.42 Å². The number of rotatable bonds is 4. The zero-order valence-corrected chi connectivity index (χ0v) is 11.9. The average molecular weight is 284 g/mol. The van der Waals surface area contributed by atoms with Gasteiger partial charge in [0.05, 0.1) is 5.69 Å². The van der Waals surface area contributed by atoms with Gasteiger partial charge in [-0.25, -0.2) is 13.1 Å². The van der Waals surface area contributed by atoms with Crippen LogP contribution in [-0.2, 0) is 16.6 Å². The van der Waals surface area contributed by atoms with Crippen molar-refractivity contribution in [3.63, 3.8) is 0 Å². The predicted molar refractivity (Wildman–Crippen MR) is 73.0 cm³/mol. The maximum Gasteiger partial charge on any atom is 0.242 e. The van der Waals surface area contributed by atoms with Gasteiger partial charge in [-0.15, -0.1) is 0 Å². The number of nitrogens with one attached hydrogen (secondary N) is 1. The minimum absolute atomic E-state index is 0.0297. The quantitative estimate of drug-likeness (QED) is 0.807. The maximum atomic E-state index is 12.2. The molecule has 0 spiro atoms. The fraction of sp³-hybridized carbons (Fsp3) is 0.583. The third-order valence-corrected chi connectivity index (χ3v) is 4.77. The molecule has 1 aliphatic rings. The molecular weight excluding hydrogens is 264 g/mol. The van der Waals surface area contributed by atoms with Gasteiger partial charge in [-0.2, -0.15) is 0 Å². The van der Waals surface area contributed by atoms with Crippen LogP contribution in [0.15, 0.2) is 23.2 Å². The lowest BCUT2D eigenvalue weighted by atomic mass is 10.1. The van der Waals surface area contributed by atoms with Gasteiger partial charge in [-0.1, -0.05) is 0 Å². The molecule has 1 aromatic rings. The van der Waals surface area contributed by atoms with Crippen LogP contribution in [0, 0.1) is 0 Å². The topological polar surface area (TPSA) is 88.3 Å². The van der Waals surface area contributed by atoms with E-state index in [1.165, 1.54) is 6.20 Å². The third-order valence-electron chi connectivity index (χ3n) is 3.26. The normalized spacial score (nSPS) is 21.5. The number of likely N-dealkylation sites (tertiary alicyclic amines) is 1. The number of hydrogen-bond donors (Lipinski definition) is 2. The lowest BCUT2D eigenvalue weighted by Crippen LogP contribution is -2.46. The molecular formula is C12H20N4O2S. The molecule has 1 saturated heterocycles. The Morgan fingerprint density at radius 2 is 2.32 bits per heavy atom. The molecule has 1 atom stereocenters. The summed E-state index contributed by atoms with van der Waals surface area (Å²) in [6.07, 6.45) is 3.24. The van der Waals surface area contributed by atoms with Gasteiger partial charge in [0.1, 0.15) is 4.90 Å². The first-order valence-electron chi connectivity index (χ1n) is 6.37. The summed E-state index contributed by atoms with van der Waals surface area (Å²) in [6.45, 7) is 2.07. The SMILES string of the molecule is CN1CCCC(NS(=O)(=O)c2ccc(CN)nc2)C1. The molecule has 1 aromatic heterocycles. The molecule has 1 fully saturated rings. The third kappa shape index (κ3) is 3.73. The van der Waals surface area contributed by atoms with Crippen LogP contribution in [0.4, 0.5) is 0 Å². The van der Waals surface area contributed by atoms with Crippen molar-refractivity contribution in [1.82, 2.24) is 14.6 Å². The Labute approximate surface area is 114 Å². The first-order chi connectivity index (χ1) is 9.01. The van der Waals surface area contributed by atoms with Crippen molar-refractivity contribution in [3.8, 4) is 0 Å². The number of piperidine rings is 1. The standard InChI is InChI=1S/C12H20N4O2S/c1-16-6-2-3-11(9-16)15-19(17,18)12-5-4-10(7-13)14-8-12/h4-5,8,11,15H,2-3,6-7,9,13H2,1H3. The van der Waals surface area contributed by atoms with Crippen molar-refractivity contribution in [2.24, 2.45) is 5.73 Å². The van der Waals surface area contributed by atoms with E-state index < -0.39 is 10.0 Å². The van der Waals surface area contributed by atoms with Gasteiger partial charge in [0.2, 0.25) is 10.0 Å². The van der Waals surface area contributed by atoms with Gasteiger partial charge < -0.3 is 10.6 Å². The molecule has 6 nitrogen and oxygen atoms in total. The molecule has 0 radical (unpaired) electrons. The number of pyridine rings is 1. The van der Waals surface area contributed by atoms with Gasteiger partial charge >= 0.3 is 0 Å². The first-order valence-corrected chi connectivity index (χ1v) is 7.85. The Morgan fingerprint density at radius 3 is 2.89 bits per heavy atom. The maximum absolute atomic E-state index is 12.2. The highest BCUT2D eigenvalue weighted by Crippen LogP contribution is 2.13. The summed E-state index contributed by atoms with van der Waals surface area (Å²) in [5.41, 5.74) is 6.12. The molecule has 3 N–H and O–H groups in total. The minimum Gasteiger partial charge on any atom is -0.325 e. The number of aromatic nitrogens is 1. The molecule has 0 bridgehead atoms. The number of likely N-dealkylation sites (N-methyl/N-ethyl adjacent to an activating group) is 1. The van der Waals surface area contributed by atoms with Gasteiger partial charge in [-0.05, 0) is 38.6 Å². The second-order valence-corrected chi connectivity index (χ2v) is 6.63. The van der Waals surface area contributed by atoms with E-state index in [0.29, 0.717) is 12.2 Å². The zero-order valence-electron chi connectivity index (χ0n) is 11.0. The Kier molecular flexibility index (Phi) is 4.51. The summed E-state index contributed by atoms with van der Waals surface area (Å²) < 4.78 is 27.2. The summed E-state index contributed by atoms with van der Waals surface area (Å²) >= 11 is 0. The molecule has 0 amide bonds. The van der Waals surface area contributed by atoms with Gasteiger partial charge in [0, 0.05) is 25.3 Å². The van der Waals surface area contributed by atoms with Crippen molar-refractivity contribution >= 4 is 10.0 Å². The Bertz CT molecular complexity index is 515. The Balaban J connectivity index is 2.08. The molecule has 2 heterocycles. The van der Waals surface area contributed by atoms with E-state index in [0.717, 1.165) is 25.9 Å². The second kappa shape index (κ2) is 5.96. The zero-order chi connectivity index (χ0) is 13.9. The smallest absolute Gasteiger partial charge is 0.242 e. The Morgan fingerprint density at radius 1 is 1.53 bits per heavy atom. The molecule has 0 aromatic carbocycles. The van der Waals surface area contributed by atoms with Crippen LogP contribution in [0.25, 0.3) is 0 Å². The van der Waals surface area contributed by atoms with Gasteiger partial charge in [0.15, 0.2) is 0 Å². The molecule has 106 valence electrons. The fourth-order valence-corrected chi connectivity index (χ4v) is 3.45. The molecule has 7 heteroatoms. The Hall–Kier alpha value is -1.02. The van der Waals surface area contributed by atoms with Crippen molar-refractivity contribution in [2.45, 2.75) is 30.3 Å². The van der Waals surface area contributed by atoms with E-state index in [4.69, 9.17) is 5.73 Å². The van der Waals surface area contributed by atoms with E-state index in [-0.39, 0.29) is 10.9 Å². The van der Waals surface area contributed by atoms with Gasteiger partial charge in [0.25, 0.3) is 0 Å². The summed E-state index contributed by atoms with van der Waals surface area (Å²) in [5, 5.41) is 0. The van der Waals surface area contributed by atoms with E-state index in [9.17, 15) is 8.42 Å². The number of nitrogens with zero attached hydrogens (tertiary/aromatic N) is 2. The van der Waals surface area contributed by atoms with Crippen LogP contribution < -0.4 is 10.5 Å². The number of nitrogens with two attached hydrogens (primary N) is 1. The van der Waals surface area contributed by atoms with Crippen molar-refractivity contribution in [2.75, 3.05) is 20.1 Å². The largest absolute Gasteiger partial charge is 0.325 e. The van der Waals surface area contributed by atoms with E-state index >= 15 is 0 Å². The molecule has 0 saturated carbocycles. The molecule has 19 heavy (non-hydrogen) atoms. The van der Waals surface area contributed by atoms with Crippen LogP contribution in [0.5, 0.6) is 0 Å². The highest BCUT2D eigenvalue weighted by molar-refractivity contribution is 7.89.